The normalized spacial score (nSPS) is 12.3. The molecule has 0 aliphatic carbocycles. The van der Waals surface area contributed by atoms with E-state index in [-0.39, 0.29) is 11.9 Å². The highest BCUT2D eigenvalue weighted by Gasteiger charge is 2.15. The maximum atomic E-state index is 12.4. The number of nitrogens with one attached hydrogen (secondary N) is 1. The van der Waals surface area contributed by atoms with Crippen molar-refractivity contribution in [3.63, 3.8) is 0 Å². The molecule has 1 N–H and O–H groups in total. The molecule has 3 nitrogen and oxygen atoms in total. The van der Waals surface area contributed by atoms with Crippen LogP contribution in [0, 0.1) is 13.8 Å². The van der Waals surface area contributed by atoms with Crippen molar-refractivity contribution in [1.82, 2.24) is 5.32 Å². The molecule has 0 bridgehead atoms. The van der Waals surface area contributed by atoms with Crippen LogP contribution in [-0.4, -0.2) is 5.91 Å². The second kappa shape index (κ2) is 6.29. The Bertz CT molecular complexity index is 833. The van der Waals surface area contributed by atoms with E-state index in [1.54, 1.807) is 6.26 Å². The van der Waals surface area contributed by atoms with E-state index in [0.717, 1.165) is 33.2 Å². The van der Waals surface area contributed by atoms with Gasteiger partial charge in [0.1, 0.15) is 5.58 Å². The van der Waals surface area contributed by atoms with E-state index in [1.165, 1.54) is 0 Å². The number of carbonyl (C=O) groups excluding carboxylic acids is 1. The van der Waals surface area contributed by atoms with E-state index < -0.39 is 0 Å². The van der Waals surface area contributed by atoms with Gasteiger partial charge in [0.25, 0.3) is 0 Å². The fourth-order valence-electron chi connectivity index (χ4n) is 3.05. The lowest BCUT2D eigenvalue weighted by molar-refractivity contribution is -0.121. The monoisotopic (exact) mass is 307 g/mol. The molecule has 1 aromatic heterocycles. The molecule has 0 spiro atoms. The van der Waals surface area contributed by atoms with Crippen LogP contribution in [0.25, 0.3) is 11.0 Å². The molecule has 3 aromatic rings. The molecule has 3 heteroatoms. The van der Waals surface area contributed by atoms with Gasteiger partial charge < -0.3 is 9.73 Å². The lowest BCUT2D eigenvalue weighted by Crippen LogP contribution is -2.28. The molecular weight excluding hydrogens is 286 g/mol. The first-order valence-corrected chi connectivity index (χ1v) is 7.86. The van der Waals surface area contributed by atoms with Gasteiger partial charge in [0.15, 0.2) is 0 Å². The summed E-state index contributed by atoms with van der Waals surface area (Å²) in [5, 5.41) is 4.10. The lowest BCUT2D eigenvalue weighted by atomic mass is 10.0. The summed E-state index contributed by atoms with van der Waals surface area (Å²) in [6.07, 6.45) is 2.03. The van der Waals surface area contributed by atoms with Crippen molar-refractivity contribution >= 4 is 16.9 Å². The summed E-state index contributed by atoms with van der Waals surface area (Å²) in [4.78, 5) is 12.4. The maximum absolute atomic E-state index is 12.4. The SMILES string of the molecule is Cc1cc(C)c2c(CC(=O)N[C@H](C)c3ccccc3)coc2c1. The molecule has 118 valence electrons. The summed E-state index contributed by atoms with van der Waals surface area (Å²) >= 11 is 0. The molecule has 1 heterocycles. The fourth-order valence-corrected chi connectivity index (χ4v) is 3.05. The predicted octanol–water partition coefficient (Wildman–Crippen LogP) is 4.47. The molecule has 2 aromatic carbocycles. The van der Waals surface area contributed by atoms with Crippen LogP contribution in [0.4, 0.5) is 0 Å². The average Bonchev–Trinajstić information content (AvgIpc) is 2.90. The average molecular weight is 307 g/mol. The van der Waals surface area contributed by atoms with Crippen LogP contribution in [-0.2, 0) is 11.2 Å². The third kappa shape index (κ3) is 3.29. The molecule has 0 fully saturated rings. The first-order valence-electron chi connectivity index (χ1n) is 7.86. The van der Waals surface area contributed by atoms with E-state index in [9.17, 15) is 4.79 Å². The number of fused-ring (bicyclic) bond motifs is 1. The largest absolute Gasteiger partial charge is 0.464 e. The Hall–Kier alpha value is -2.55. The van der Waals surface area contributed by atoms with Crippen molar-refractivity contribution in [3.8, 4) is 0 Å². The number of hydrogen-bond acceptors (Lipinski definition) is 2. The standard InChI is InChI=1S/C20H21NO2/c1-13-9-14(2)20-17(12-23-18(20)10-13)11-19(22)21-15(3)16-7-5-4-6-8-16/h4-10,12,15H,11H2,1-3H3,(H,21,22)/t15-/m1/s1. The first-order chi connectivity index (χ1) is 11.0. The second-order valence-electron chi connectivity index (χ2n) is 6.09. The Balaban J connectivity index is 1.76. The van der Waals surface area contributed by atoms with Gasteiger partial charge in [-0.05, 0) is 43.5 Å². The van der Waals surface area contributed by atoms with Crippen LogP contribution >= 0.6 is 0 Å². The van der Waals surface area contributed by atoms with Gasteiger partial charge in [-0.3, -0.25) is 4.79 Å². The van der Waals surface area contributed by atoms with E-state index in [2.05, 4.69) is 18.3 Å². The second-order valence-corrected chi connectivity index (χ2v) is 6.09. The van der Waals surface area contributed by atoms with Crippen molar-refractivity contribution in [2.24, 2.45) is 0 Å². The minimum absolute atomic E-state index is 0.00373. The molecular formula is C20H21NO2. The molecule has 0 radical (unpaired) electrons. The number of hydrogen-bond donors (Lipinski definition) is 1. The van der Waals surface area contributed by atoms with Gasteiger partial charge in [-0.2, -0.15) is 0 Å². The molecule has 0 saturated heterocycles. The minimum atomic E-state index is -0.00907. The van der Waals surface area contributed by atoms with Crippen LogP contribution in [0.15, 0.2) is 53.1 Å². The molecule has 0 aliphatic rings. The van der Waals surface area contributed by atoms with Crippen molar-refractivity contribution in [3.05, 3.63) is 71.0 Å². The number of amides is 1. The Labute approximate surface area is 136 Å². The van der Waals surface area contributed by atoms with Crippen LogP contribution in [0.3, 0.4) is 0 Å². The van der Waals surface area contributed by atoms with Crippen LogP contribution in [0.2, 0.25) is 0 Å². The highest BCUT2D eigenvalue weighted by Crippen LogP contribution is 2.26. The summed E-state index contributed by atoms with van der Waals surface area (Å²) in [7, 11) is 0. The van der Waals surface area contributed by atoms with Crippen LogP contribution in [0.5, 0.6) is 0 Å². The van der Waals surface area contributed by atoms with E-state index in [4.69, 9.17) is 4.42 Å². The zero-order valence-electron chi connectivity index (χ0n) is 13.7. The van der Waals surface area contributed by atoms with Crippen molar-refractivity contribution in [2.45, 2.75) is 33.2 Å². The number of furan rings is 1. The Morgan fingerprint density at radius 1 is 1.17 bits per heavy atom. The van der Waals surface area contributed by atoms with Gasteiger partial charge >= 0.3 is 0 Å². The molecule has 23 heavy (non-hydrogen) atoms. The van der Waals surface area contributed by atoms with Gasteiger partial charge in [0, 0.05) is 10.9 Å². The highest BCUT2D eigenvalue weighted by molar-refractivity contribution is 5.90. The van der Waals surface area contributed by atoms with E-state index >= 15 is 0 Å². The van der Waals surface area contributed by atoms with Crippen molar-refractivity contribution < 1.29 is 9.21 Å². The van der Waals surface area contributed by atoms with E-state index in [1.807, 2.05) is 50.2 Å². The zero-order chi connectivity index (χ0) is 16.4. The summed E-state index contributed by atoms with van der Waals surface area (Å²) in [6, 6.07) is 14.1. The molecule has 1 amide bonds. The number of rotatable bonds is 4. The fraction of sp³-hybridized carbons (Fsp3) is 0.250. The molecule has 0 unspecified atom stereocenters. The van der Waals surface area contributed by atoms with E-state index in [0.29, 0.717) is 6.42 Å². The highest BCUT2D eigenvalue weighted by atomic mass is 16.3. The Morgan fingerprint density at radius 2 is 1.91 bits per heavy atom. The summed E-state index contributed by atoms with van der Waals surface area (Å²) in [5.74, 6) is 0.00373. The number of aryl methyl sites for hydroxylation is 2. The number of benzene rings is 2. The lowest BCUT2D eigenvalue weighted by Gasteiger charge is -2.14. The summed E-state index contributed by atoms with van der Waals surface area (Å²) < 4.78 is 5.62. The minimum Gasteiger partial charge on any atom is -0.464 e. The molecule has 1 atom stereocenters. The van der Waals surface area contributed by atoms with Gasteiger partial charge in [0.05, 0.1) is 18.7 Å². The van der Waals surface area contributed by atoms with Crippen LogP contribution < -0.4 is 5.32 Å². The van der Waals surface area contributed by atoms with Gasteiger partial charge in [-0.1, -0.05) is 36.4 Å². The zero-order valence-corrected chi connectivity index (χ0v) is 13.7. The van der Waals surface area contributed by atoms with Gasteiger partial charge in [0.2, 0.25) is 5.91 Å². The molecule has 0 aliphatic heterocycles. The number of carbonyl (C=O) groups is 1. The quantitative estimate of drug-likeness (QED) is 0.772. The van der Waals surface area contributed by atoms with Gasteiger partial charge in [-0.25, -0.2) is 0 Å². The molecule has 3 rings (SSSR count). The van der Waals surface area contributed by atoms with Crippen molar-refractivity contribution in [1.29, 1.82) is 0 Å². The first kappa shape index (κ1) is 15.3. The summed E-state index contributed by atoms with van der Waals surface area (Å²) in [5.41, 5.74) is 5.20. The van der Waals surface area contributed by atoms with Crippen molar-refractivity contribution in [2.75, 3.05) is 0 Å². The predicted molar refractivity (Wildman–Crippen MR) is 92.4 cm³/mol. The Morgan fingerprint density at radius 3 is 2.65 bits per heavy atom. The Kier molecular flexibility index (Phi) is 4.20. The smallest absolute Gasteiger partial charge is 0.225 e. The molecule has 0 saturated carbocycles. The topological polar surface area (TPSA) is 42.2 Å². The summed E-state index contributed by atoms with van der Waals surface area (Å²) in [6.45, 7) is 6.09. The van der Waals surface area contributed by atoms with Gasteiger partial charge in [-0.15, -0.1) is 0 Å². The third-order valence-corrected chi connectivity index (χ3v) is 4.12. The third-order valence-electron chi connectivity index (χ3n) is 4.12. The maximum Gasteiger partial charge on any atom is 0.225 e. The van der Waals surface area contributed by atoms with Crippen LogP contribution in [0.1, 0.15) is 35.2 Å².